The summed E-state index contributed by atoms with van der Waals surface area (Å²) in [6.07, 6.45) is 0. The first-order valence-electron chi connectivity index (χ1n) is 6.69. The van der Waals surface area contributed by atoms with Gasteiger partial charge >= 0.3 is 0 Å². The van der Waals surface area contributed by atoms with Crippen LogP contribution in [0, 0.1) is 6.92 Å². The van der Waals surface area contributed by atoms with Gasteiger partial charge in [0.25, 0.3) is 0 Å². The van der Waals surface area contributed by atoms with Crippen molar-refractivity contribution in [3.05, 3.63) is 34.7 Å². The Morgan fingerprint density at radius 3 is 2.63 bits per heavy atom. The molecular formula is C16H22ClNS. The van der Waals surface area contributed by atoms with Gasteiger partial charge in [-0.05, 0) is 50.1 Å². The second-order valence-corrected chi connectivity index (χ2v) is 7.33. The Hall–Kier alpha value is -0.570. The van der Waals surface area contributed by atoms with Gasteiger partial charge in [0.1, 0.15) is 0 Å². The maximum absolute atomic E-state index is 5.95. The van der Waals surface area contributed by atoms with Crippen LogP contribution in [0.15, 0.2) is 23.6 Å². The smallest absolute Gasteiger partial charge is 0.0351 e. The fourth-order valence-corrected chi connectivity index (χ4v) is 3.42. The quantitative estimate of drug-likeness (QED) is 0.714. The molecule has 0 aliphatic carbocycles. The van der Waals surface area contributed by atoms with Crippen LogP contribution >= 0.6 is 22.9 Å². The van der Waals surface area contributed by atoms with Gasteiger partial charge in [-0.3, -0.25) is 4.90 Å². The molecule has 1 heterocycles. The molecule has 2 aromatic rings. The normalized spacial score (nSPS) is 12.5. The number of rotatable bonds is 4. The number of hydrogen-bond acceptors (Lipinski definition) is 2. The topological polar surface area (TPSA) is 3.24 Å². The summed E-state index contributed by atoms with van der Waals surface area (Å²) in [4.78, 5) is 2.45. The highest BCUT2D eigenvalue weighted by molar-refractivity contribution is 7.17. The van der Waals surface area contributed by atoms with Crippen LogP contribution < -0.4 is 0 Å². The zero-order chi connectivity index (χ0) is 14.0. The molecule has 0 bridgehead atoms. The molecule has 0 aliphatic heterocycles. The summed E-state index contributed by atoms with van der Waals surface area (Å²) < 4.78 is 1.38. The van der Waals surface area contributed by atoms with E-state index >= 15 is 0 Å². The third-order valence-electron chi connectivity index (χ3n) is 3.47. The largest absolute Gasteiger partial charge is 0.293 e. The minimum Gasteiger partial charge on any atom is -0.293 e. The van der Waals surface area contributed by atoms with Crippen LogP contribution in [0.2, 0.25) is 0 Å². The number of nitrogens with zero attached hydrogens (tertiary/aromatic N) is 1. The van der Waals surface area contributed by atoms with E-state index in [1.165, 1.54) is 21.2 Å². The summed E-state index contributed by atoms with van der Waals surface area (Å²) >= 11 is 7.78. The SMILES string of the molecule is Cc1ccc2scc(CN(CCCl)C(C)(C)C)c2c1. The molecule has 0 saturated heterocycles. The van der Waals surface area contributed by atoms with Crippen molar-refractivity contribution in [1.82, 2.24) is 4.90 Å². The molecule has 0 saturated carbocycles. The summed E-state index contributed by atoms with van der Waals surface area (Å²) in [5, 5.41) is 3.69. The molecule has 1 aromatic heterocycles. The van der Waals surface area contributed by atoms with E-state index in [-0.39, 0.29) is 5.54 Å². The van der Waals surface area contributed by atoms with E-state index in [9.17, 15) is 0 Å². The van der Waals surface area contributed by atoms with Gasteiger partial charge in [-0.2, -0.15) is 0 Å². The summed E-state index contributed by atoms with van der Waals surface area (Å²) in [5.74, 6) is 0.679. The van der Waals surface area contributed by atoms with Gasteiger partial charge < -0.3 is 0 Å². The van der Waals surface area contributed by atoms with Gasteiger partial charge in [-0.1, -0.05) is 17.7 Å². The fraction of sp³-hybridized carbons (Fsp3) is 0.500. The molecule has 0 unspecified atom stereocenters. The van der Waals surface area contributed by atoms with E-state index in [4.69, 9.17) is 11.6 Å². The van der Waals surface area contributed by atoms with E-state index in [1.54, 1.807) is 0 Å². The minimum atomic E-state index is 0.146. The van der Waals surface area contributed by atoms with Crippen LogP contribution in [0.3, 0.4) is 0 Å². The number of hydrogen-bond donors (Lipinski definition) is 0. The summed E-state index contributed by atoms with van der Waals surface area (Å²) in [6, 6.07) is 6.70. The maximum Gasteiger partial charge on any atom is 0.0351 e. The monoisotopic (exact) mass is 295 g/mol. The lowest BCUT2D eigenvalue weighted by Crippen LogP contribution is -2.41. The number of halogens is 1. The molecule has 1 aromatic carbocycles. The van der Waals surface area contributed by atoms with Crippen LogP contribution in [0.5, 0.6) is 0 Å². The van der Waals surface area contributed by atoms with E-state index in [0.29, 0.717) is 5.88 Å². The molecule has 0 atom stereocenters. The van der Waals surface area contributed by atoms with E-state index in [1.807, 2.05) is 11.3 Å². The zero-order valence-corrected chi connectivity index (χ0v) is 13.7. The Bertz CT molecular complexity index is 553. The van der Waals surface area contributed by atoms with Crippen LogP contribution in [0.25, 0.3) is 10.1 Å². The molecule has 104 valence electrons. The van der Waals surface area contributed by atoms with Gasteiger partial charge in [-0.25, -0.2) is 0 Å². The van der Waals surface area contributed by atoms with Gasteiger partial charge in [0.2, 0.25) is 0 Å². The highest BCUT2D eigenvalue weighted by Gasteiger charge is 2.21. The van der Waals surface area contributed by atoms with Crippen LogP contribution in [-0.2, 0) is 6.54 Å². The summed E-state index contributed by atoms with van der Waals surface area (Å²) in [5.41, 5.74) is 2.89. The molecule has 2 rings (SSSR count). The molecule has 0 radical (unpaired) electrons. The average Bonchev–Trinajstić information content (AvgIpc) is 2.70. The Balaban J connectivity index is 2.31. The molecule has 0 amide bonds. The second kappa shape index (κ2) is 5.82. The molecule has 0 aliphatic rings. The second-order valence-electron chi connectivity index (χ2n) is 6.04. The highest BCUT2D eigenvalue weighted by Crippen LogP contribution is 2.29. The highest BCUT2D eigenvalue weighted by atomic mass is 35.5. The van der Waals surface area contributed by atoms with E-state index in [2.05, 4.69) is 56.2 Å². The molecule has 1 nitrogen and oxygen atoms in total. The van der Waals surface area contributed by atoms with Crippen molar-refractivity contribution in [3.8, 4) is 0 Å². The number of alkyl halides is 1. The van der Waals surface area contributed by atoms with Crippen molar-refractivity contribution in [2.45, 2.75) is 39.8 Å². The van der Waals surface area contributed by atoms with Gasteiger partial charge in [0, 0.05) is 29.2 Å². The number of thiophene rings is 1. The van der Waals surface area contributed by atoms with Gasteiger partial charge in [-0.15, -0.1) is 22.9 Å². The van der Waals surface area contributed by atoms with Crippen LogP contribution in [0.1, 0.15) is 31.9 Å². The lowest BCUT2D eigenvalue weighted by atomic mass is 10.0. The zero-order valence-electron chi connectivity index (χ0n) is 12.2. The van der Waals surface area contributed by atoms with Gasteiger partial charge in [0.15, 0.2) is 0 Å². The Kier molecular flexibility index (Phi) is 4.54. The Morgan fingerprint density at radius 2 is 2.00 bits per heavy atom. The minimum absolute atomic E-state index is 0.146. The van der Waals surface area contributed by atoms with E-state index < -0.39 is 0 Å². The predicted molar refractivity (Wildman–Crippen MR) is 87.4 cm³/mol. The van der Waals surface area contributed by atoms with Crippen molar-refractivity contribution in [1.29, 1.82) is 0 Å². The summed E-state index contributed by atoms with van der Waals surface area (Å²) in [7, 11) is 0. The van der Waals surface area contributed by atoms with Gasteiger partial charge in [0.05, 0.1) is 0 Å². The van der Waals surface area contributed by atoms with E-state index in [0.717, 1.165) is 13.1 Å². The number of fused-ring (bicyclic) bond motifs is 1. The molecular weight excluding hydrogens is 274 g/mol. The molecule has 3 heteroatoms. The maximum atomic E-state index is 5.95. The first kappa shape index (κ1) is 14.8. The van der Waals surface area contributed by atoms with Crippen molar-refractivity contribution in [2.24, 2.45) is 0 Å². The number of aryl methyl sites for hydroxylation is 1. The van der Waals surface area contributed by atoms with Crippen molar-refractivity contribution in [2.75, 3.05) is 12.4 Å². The lowest BCUT2D eigenvalue weighted by molar-refractivity contribution is 0.138. The Morgan fingerprint density at radius 1 is 1.26 bits per heavy atom. The average molecular weight is 296 g/mol. The lowest BCUT2D eigenvalue weighted by Gasteiger charge is -2.35. The standard InChI is InChI=1S/C16H22ClNS/c1-12-5-6-15-14(9-12)13(11-19-15)10-18(8-7-17)16(2,3)4/h5-6,9,11H,7-8,10H2,1-4H3. The molecule has 0 fully saturated rings. The predicted octanol–water partition coefficient (Wildman–Crippen LogP) is 5.05. The first-order chi connectivity index (χ1) is 8.91. The summed E-state index contributed by atoms with van der Waals surface area (Å²) in [6.45, 7) is 10.8. The number of benzene rings is 1. The fourth-order valence-electron chi connectivity index (χ4n) is 2.28. The molecule has 0 N–H and O–H groups in total. The third-order valence-corrected chi connectivity index (χ3v) is 4.65. The van der Waals surface area contributed by atoms with Crippen LogP contribution in [0.4, 0.5) is 0 Å². The molecule has 0 spiro atoms. The third kappa shape index (κ3) is 3.50. The van der Waals surface area contributed by atoms with Crippen LogP contribution in [-0.4, -0.2) is 22.9 Å². The van der Waals surface area contributed by atoms with Crippen molar-refractivity contribution < 1.29 is 0 Å². The van der Waals surface area contributed by atoms with Crippen molar-refractivity contribution >= 4 is 33.0 Å². The first-order valence-corrected chi connectivity index (χ1v) is 8.11. The Labute approximate surface area is 125 Å². The molecule has 19 heavy (non-hydrogen) atoms. The van der Waals surface area contributed by atoms with Crippen molar-refractivity contribution in [3.63, 3.8) is 0 Å².